The molecule has 0 aliphatic heterocycles. The lowest BCUT2D eigenvalue weighted by molar-refractivity contribution is -0.140. The van der Waals surface area contributed by atoms with E-state index in [9.17, 15) is 9.59 Å². The van der Waals surface area contributed by atoms with Crippen LogP contribution in [0, 0.1) is 5.92 Å². The summed E-state index contributed by atoms with van der Waals surface area (Å²) in [6.45, 7) is 6.30. The molecule has 1 aromatic heterocycles. The predicted octanol–water partition coefficient (Wildman–Crippen LogP) is 1.74. The van der Waals surface area contributed by atoms with E-state index >= 15 is 0 Å². The molecule has 0 radical (unpaired) electrons. The molecule has 1 aromatic rings. The largest absolute Gasteiger partial charge is 0.480 e. The van der Waals surface area contributed by atoms with Crippen LogP contribution in [0.15, 0.2) is 18.3 Å². The van der Waals surface area contributed by atoms with Gasteiger partial charge in [0.2, 0.25) is 0 Å². The fourth-order valence-corrected chi connectivity index (χ4v) is 1.78. The van der Waals surface area contributed by atoms with Crippen molar-refractivity contribution in [2.24, 2.45) is 5.92 Å². The van der Waals surface area contributed by atoms with Crippen molar-refractivity contribution in [3.05, 3.63) is 24.0 Å². The van der Waals surface area contributed by atoms with Gasteiger partial charge in [0.05, 0.1) is 0 Å². The second-order valence-electron chi connectivity index (χ2n) is 4.62. The summed E-state index contributed by atoms with van der Waals surface area (Å²) in [6.07, 6.45) is 2.74. The number of nitrogens with one attached hydrogen (secondary N) is 1. The Balaban J connectivity index is 2.80. The summed E-state index contributed by atoms with van der Waals surface area (Å²) in [5.74, 6) is -1.50. The van der Waals surface area contributed by atoms with Gasteiger partial charge in [0, 0.05) is 12.7 Å². The summed E-state index contributed by atoms with van der Waals surface area (Å²) in [4.78, 5) is 23.1. The zero-order valence-electron chi connectivity index (χ0n) is 11.0. The third-order valence-electron chi connectivity index (χ3n) is 2.75. The van der Waals surface area contributed by atoms with Gasteiger partial charge in [0.15, 0.2) is 0 Å². The number of aliphatic carboxylic acids is 1. The molecule has 18 heavy (non-hydrogen) atoms. The van der Waals surface area contributed by atoms with E-state index < -0.39 is 12.0 Å². The highest BCUT2D eigenvalue weighted by Gasteiger charge is 2.24. The molecule has 0 fully saturated rings. The van der Waals surface area contributed by atoms with Crippen molar-refractivity contribution in [2.75, 3.05) is 0 Å². The van der Waals surface area contributed by atoms with E-state index in [0.29, 0.717) is 5.69 Å². The molecule has 0 aliphatic rings. The monoisotopic (exact) mass is 252 g/mol. The number of carboxylic acids is 1. The molecule has 1 rings (SSSR count). The average Bonchev–Trinajstić information content (AvgIpc) is 2.73. The molecule has 0 saturated heterocycles. The Hall–Kier alpha value is -1.78. The molecule has 5 nitrogen and oxygen atoms in total. The van der Waals surface area contributed by atoms with E-state index in [1.165, 1.54) is 0 Å². The van der Waals surface area contributed by atoms with Crippen LogP contribution in [0.3, 0.4) is 0 Å². The molecule has 1 amide bonds. The second kappa shape index (κ2) is 6.23. The Morgan fingerprint density at radius 2 is 2.11 bits per heavy atom. The maximum absolute atomic E-state index is 12.0. The standard InChI is InChI=1S/C13H20N2O3/c1-4-7-15-8-5-6-10(15)12(16)14-11(9(2)3)13(17)18/h5-6,8-9,11H,4,7H2,1-3H3,(H,14,16)(H,17,18). The Labute approximate surface area is 107 Å². The van der Waals surface area contributed by atoms with E-state index in [-0.39, 0.29) is 11.8 Å². The van der Waals surface area contributed by atoms with Gasteiger partial charge in [-0.2, -0.15) is 0 Å². The molecule has 0 bridgehead atoms. The third kappa shape index (κ3) is 3.35. The molecule has 0 aromatic carbocycles. The van der Waals surface area contributed by atoms with Crippen LogP contribution < -0.4 is 5.32 Å². The normalized spacial score (nSPS) is 12.4. The number of carbonyl (C=O) groups excluding carboxylic acids is 1. The van der Waals surface area contributed by atoms with Crippen molar-refractivity contribution in [3.63, 3.8) is 0 Å². The van der Waals surface area contributed by atoms with Crippen LogP contribution in [0.5, 0.6) is 0 Å². The SMILES string of the molecule is CCCn1cccc1C(=O)NC(C(=O)O)C(C)C. The number of carboxylic acid groups (broad SMARTS) is 1. The number of hydrogen-bond donors (Lipinski definition) is 2. The topological polar surface area (TPSA) is 71.3 Å². The van der Waals surface area contributed by atoms with Gasteiger partial charge in [-0.1, -0.05) is 20.8 Å². The van der Waals surface area contributed by atoms with Crippen molar-refractivity contribution in [3.8, 4) is 0 Å². The summed E-state index contributed by atoms with van der Waals surface area (Å²) < 4.78 is 1.83. The zero-order valence-corrected chi connectivity index (χ0v) is 11.0. The first kappa shape index (κ1) is 14.3. The fourth-order valence-electron chi connectivity index (χ4n) is 1.78. The van der Waals surface area contributed by atoms with Crippen molar-refractivity contribution >= 4 is 11.9 Å². The Morgan fingerprint density at radius 3 is 2.61 bits per heavy atom. The van der Waals surface area contributed by atoms with E-state index in [1.54, 1.807) is 26.0 Å². The molecule has 0 aliphatic carbocycles. The first-order valence-electron chi connectivity index (χ1n) is 6.16. The first-order chi connectivity index (χ1) is 8.47. The van der Waals surface area contributed by atoms with Gasteiger partial charge in [-0.15, -0.1) is 0 Å². The number of amides is 1. The number of nitrogens with zero attached hydrogens (tertiary/aromatic N) is 1. The van der Waals surface area contributed by atoms with Gasteiger partial charge in [-0.05, 0) is 24.5 Å². The van der Waals surface area contributed by atoms with Crippen LogP contribution in [0.2, 0.25) is 0 Å². The molecular formula is C13H20N2O3. The van der Waals surface area contributed by atoms with Crippen molar-refractivity contribution in [1.29, 1.82) is 0 Å². The summed E-state index contributed by atoms with van der Waals surface area (Å²) in [7, 11) is 0. The average molecular weight is 252 g/mol. The van der Waals surface area contributed by atoms with Crippen LogP contribution in [0.25, 0.3) is 0 Å². The number of carbonyl (C=O) groups is 2. The van der Waals surface area contributed by atoms with E-state index in [2.05, 4.69) is 5.32 Å². The first-order valence-corrected chi connectivity index (χ1v) is 6.16. The van der Waals surface area contributed by atoms with Gasteiger partial charge in [-0.3, -0.25) is 4.79 Å². The second-order valence-corrected chi connectivity index (χ2v) is 4.62. The molecule has 2 N–H and O–H groups in total. The molecule has 1 heterocycles. The van der Waals surface area contributed by atoms with Gasteiger partial charge >= 0.3 is 5.97 Å². The lowest BCUT2D eigenvalue weighted by Crippen LogP contribution is -2.44. The van der Waals surface area contributed by atoms with Crippen LogP contribution >= 0.6 is 0 Å². The van der Waals surface area contributed by atoms with Gasteiger partial charge in [0.1, 0.15) is 11.7 Å². The fraction of sp³-hybridized carbons (Fsp3) is 0.538. The van der Waals surface area contributed by atoms with Crippen molar-refractivity contribution < 1.29 is 14.7 Å². The highest BCUT2D eigenvalue weighted by Crippen LogP contribution is 2.07. The molecule has 0 saturated carbocycles. The summed E-state index contributed by atoms with van der Waals surface area (Å²) in [6, 6.07) is 2.63. The molecule has 0 spiro atoms. The lowest BCUT2D eigenvalue weighted by Gasteiger charge is -2.18. The van der Waals surface area contributed by atoms with Gasteiger partial charge in [-0.25, -0.2) is 4.79 Å². The number of rotatable bonds is 6. The van der Waals surface area contributed by atoms with Crippen molar-refractivity contribution in [1.82, 2.24) is 9.88 Å². The smallest absolute Gasteiger partial charge is 0.326 e. The minimum atomic E-state index is -1.01. The summed E-state index contributed by atoms with van der Waals surface area (Å²) in [5, 5.41) is 11.6. The molecule has 1 unspecified atom stereocenters. The van der Waals surface area contributed by atoms with E-state index in [0.717, 1.165) is 13.0 Å². The van der Waals surface area contributed by atoms with Crippen molar-refractivity contribution in [2.45, 2.75) is 39.8 Å². The maximum Gasteiger partial charge on any atom is 0.326 e. The quantitative estimate of drug-likeness (QED) is 0.810. The highest BCUT2D eigenvalue weighted by atomic mass is 16.4. The van der Waals surface area contributed by atoms with Gasteiger partial charge in [0.25, 0.3) is 5.91 Å². The summed E-state index contributed by atoms with van der Waals surface area (Å²) >= 11 is 0. The minimum Gasteiger partial charge on any atom is -0.480 e. The molecule has 1 atom stereocenters. The predicted molar refractivity (Wildman–Crippen MR) is 68.5 cm³/mol. The van der Waals surface area contributed by atoms with Crippen LogP contribution in [0.4, 0.5) is 0 Å². The van der Waals surface area contributed by atoms with E-state index in [4.69, 9.17) is 5.11 Å². The van der Waals surface area contributed by atoms with Gasteiger partial charge < -0.3 is 15.0 Å². The maximum atomic E-state index is 12.0. The lowest BCUT2D eigenvalue weighted by atomic mass is 10.0. The Kier molecular flexibility index (Phi) is 4.95. The molecule has 100 valence electrons. The van der Waals surface area contributed by atoms with Crippen LogP contribution in [-0.2, 0) is 11.3 Å². The minimum absolute atomic E-state index is 0.152. The number of aromatic nitrogens is 1. The number of hydrogen-bond acceptors (Lipinski definition) is 2. The summed E-state index contributed by atoms with van der Waals surface area (Å²) in [5.41, 5.74) is 0.503. The third-order valence-corrected chi connectivity index (χ3v) is 2.75. The van der Waals surface area contributed by atoms with Crippen LogP contribution in [0.1, 0.15) is 37.7 Å². The zero-order chi connectivity index (χ0) is 13.7. The Morgan fingerprint density at radius 1 is 1.44 bits per heavy atom. The molecule has 5 heteroatoms. The van der Waals surface area contributed by atoms with Crippen LogP contribution in [-0.4, -0.2) is 27.6 Å². The molecular weight excluding hydrogens is 232 g/mol. The Bertz CT molecular complexity index is 424. The highest BCUT2D eigenvalue weighted by molar-refractivity contribution is 5.95. The number of aryl methyl sites for hydroxylation is 1. The van der Waals surface area contributed by atoms with E-state index in [1.807, 2.05) is 17.7 Å².